The number of hydrogen-bond acceptors (Lipinski definition) is 5. The fraction of sp³-hybridized carbons (Fsp3) is 0.400. The summed E-state index contributed by atoms with van der Waals surface area (Å²) in [5, 5.41) is 0.681. The van der Waals surface area contributed by atoms with Crippen LogP contribution in [0.25, 0.3) is 12.7 Å². The molecule has 0 aromatic carbocycles. The van der Waals surface area contributed by atoms with E-state index in [0.29, 0.717) is 11.2 Å². The number of allylic oxidation sites excluding steroid dienone is 3. The van der Waals surface area contributed by atoms with Crippen molar-refractivity contribution in [3.05, 3.63) is 41.1 Å². The van der Waals surface area contributed by atoms with E-state index in [-0.39, 0.29) is 0 Å². The second kappa shape index (κ2) is 6.81. The van der Waals surface area contributed by atoms with Crippen molar-refractivity contribution in [1.29, 1.82) is 0 Å². The van der Waals surface area contributed by atoms with Gasteiger partial charge in [0.05, 0.1) is 0 Å². The predicted octanol–water partition coefficient (Wildman–Crippen LogP) is 1.14. The minimum Gasteiger partial charge on any atom is -0.441 e. The first-order valence-electron chi connectivity index (χ1n) is 6.65. The Hall–Kier alpha value is -1.46. The SMILES string of the molecule is C=C/C=C(\C=c1\oc(C)nc1=C)N1CCN(SC)CC1. The molecule has 0 amide bonds. The number of hydrogen-bond donors (Lipinski definition) is 0. The molecule has 0 atom stereocenters. The fourth-order valence-corrected chi connectivity index (χ4v) is 2.76. The van der Waals surface area contributed by atoms with Gasteiger partial charge in [-0.2, -0.15) is 0 Å². The highest BCUT2D eigenvalue weighted by Crippen LogP contribution is 2.15. The molecule has 4 nitrogen and oxygen atoms in total. The molecular weight excluding hydrogens is 270 g/mol. The molecule has 0 N–H and O–H groups in total. The van der Waals surface area contributed by atoms with Gasteiger partial charge >= 0.3 is 0 Å². The van der Waals surface area contributed by atoms with Gasteiger partial charge in [0.2, 0.25) is 0 Å². The molecule has 0 bridgehead atoms. The predicted molar refractivity (Wildman–Crippen MR) is 85.4 cm³/mol. The Balaban J connectivity index is 2.23. The Morgan fingerprint density at radius 2 is 2.05 bits per heavy atom. The Morgan fingerprint density at radius 3 is 2.55 bits per heavy atom. The quantitative estimate of drug-likeness (QED) is 0.613. The lowest BCUT2D eigenvalue weighted by Gasteiger charge is -2.35. The molecule has 1 aromatic rings. The van der Waals surface area contributed by atoms with Crippen LogP contribution in [-0.2, 0) is 0 Å². The van der Waals surface area contributed by atoms with E-state index in [4.69, 9.17) is 4.42 Å². The summed E-state index contributed by atoms with van der Waals surface area (Å²) >= 11 is 1.80. The van der Waals surface area contributed by atoms with Gasteiger partial charge in [-0.25, -0.2) is 9.29 Å². The topological polar surface area (TPSA) is 32.5 Å². The van der Waals surface area contributed by atoms with Crippen molar-refractivity contribution in [1.82, 2.24) is 14.2 Å². The van der Waals surface area contributed by atoms with Gasteiger partial charge in [0, 0.05) is 44.9 Å². The molecule has 0 unspecified atom stereocenters. The average Bonchev–Trinajstić information content (AvgIpc) is 2.76. The molecule has 1 aliphatic heterocycles. The van der Waals surface area contributed by atoms with Crippen molar-refractivity contribution in [2.24, 2.45) is 0 Å². The molecule has 2 rings (SSSR count). The van der Waals surface area contributed by atoms with Crippen LogP contribution in [0.1, 0.15) is 5.89 Å². The molecule has 1 aliphatic rings. The van der Waals surface area contributed by atoms with Crippen molar-refractivity contribution in [2.75, 3.05) is 32.4 Å². The first kappa shape index (κ1) is 14.9. The Morgan fingerprint density at radius 1 is 1.35 bits per heavy atom. The zero-order chi connectivity index (χ0) is 14.5. The largest absolute Gasteiger partial charge is 0.441 e. The van der Waals surface area contributed by atoms with Gasteiger partial charge in [0.15, 0.2) is 11.3 Å². The van der Waals surface area contributed by atoms with Gasteiger partial charge < -0.3 is 9.32 Å². The monoisotopic (exact) mass is 291 g/mol. The molecule has 2 heterocycles. The standard InChI is InChI=1S/C15H21N3OS/c1-5-6-14(11-15-12(2)16-13(3)19-15)17-7-9-18(20-4)10-8-17/h5-6,11H,1-2,7-10H2,3-4H3/b14-6+,15-11+. The van der Waals surface area contributed by atoms with Gasteiger partial charge in [-0.3, -0.25) is 0 Å². The molecule has 20 heavy (non-hydrogen) atoms. The van der Waals surface area contributed by atoms with Crippen LogP contribution in [0.15, 0.2) is 28.8 Å². The number of aryl methyl sites for hydroxylation is 1. The van der Waals surface area contributed by atoms with Crippen LogP contribution in [0.5, 0.6) is 0 Å². The summed E-state index contributed by atoms with van der Waals surface area (Å²) in [6.07, 6.45) is 7.93. The normalized spacial score (nSPS) is 18.6. The smallest absolute Gasteiger partial charge is 0.192 e. The van der Waals surface area contributed by atoms with Crippen LogP contribution in [0, 0.1) is 6.92 Å². The lowest BCUT2D eigenvalue weighted by molar-refractivity contribution is 0.249. The highest BCUT2D eigenvalue weighted by molar-refractivity contribution is 7.96. The molecule has 0 spiro atoms. The maximum Gasteiger partial charge on any atom is 0.192 e. The average molecular weight is 291 g/mol. The van der Waals surface area contributed by atoms with Crippen LogP contribution in [0.4, 0.5) is 0 Å². The minimum atomic E-state index is 0.645. The third kappa shape index (κ3) is 3.55. The first-order chi connectivity index (χ1) is 9.63. The van der Waals surface area contributed by atoms with Crippen molar-refractivity contribution in [3.63, 3.8) is 0 Å². The summed E-state index contributed by atoms with van der Waals surface area (Å²) in [5.74, 6) is 0.645. The molecule has 5 heteroatoms. The van der Waals surface area contributed by atoms with Crippen molar-refractivity contribution in [2.45, 2.75) is 6.92 Å². The van der Waals surface area contributed by atoms with Crippen LogP contribution < -0.4 is 10.8 Å². The zero-order valence-electron chi connectivity index (χ0n) is 12.1. The Labute approximate surface area is 124 Å². The minimum absolute atomic E-state index is 0.645. The third-order valence-electron chi connectivity index (χ3n) is 3.26. The number of rotatable bonds is 4. The van der Waals surface area contributed by atoms with E-state index in [1.165, 1.54) is 0 Å². The van der Waals surface area contributed by atoms with E-state index in [0.717, 1.165) is 37.3 Å². The van der Waals surface area contributed by atoms with E-state index in [2.05, 4.69) is 33.6 Å². The van der Waals surface area contributed by atoms with E-state index >= 15 is 0 Å². The number of piperazine rings is 1. The molecule has 108 valence electrons. The number of oxazole rings is 1. The summed E-state index contributed by atoms with van der Waals surface area (Å²) in [6.45, 7) is 13.6. The Bertz CT molecular complexity index is 597. The maximum atomic E-state index is 5.58. The number of aromatic nitrogens is 1. The van der Waals surface area contributed by atoms with E-state index in [1.807, 2.05) is 19.1 Å². The molecule has 0 saturated carbocycles. The van der Waals surface area contributed by atoms with Crippen LogP contribution in [0.2, 0.25) is 0 Å². The zero-order valence-corrected chi connectivity index (χ0v) is 12.9. The van der Waals surface area contributed by atoms with Crippen LogP contribution >= 0.6 is 11.9 Å². The highest BCUT2D eigenvalue weighted by atomic mass is 32.2. The fourth-order valence-electron chi connectivity index (χ4n) is 2.23. The van der Waals surface area contributed by atoms with Crippen molar-refractivity contribution >= 4 is 24.6 Å². The second-order valence-corrected chi connectivity index (χ2v) is 5.50. The van der Waals surface area contributed by atoms with Gasteiger partial charge in [0.1, 0.15) is 5.35 Å². The van der Waals surface area contributed by atoms with E-state index in [9.17, 15) is 0 Å². The molecular formula is C15H21N3OS. The van der Waals surface area contributed by atoms with Crippen molar-refractivity contribution in [3.8, 4) is 0 Å². The Kier molecular flexibility index (Phi) is 5.09. The summed E-state index contributed by atoms with van der Waals surface area (Å²) in [5.41, 5.74) is 1.82. The molecule has 0 radical (unpaired) electrons. The third-order valence-corrected chi connectivity index (χ3v) is 4.15. The second-order valence-electron chi connectivity index (χ2n) is 4.61. The lowest BCUT2D eigenvalue weighted by Crippen LogP contribution is -2.42. The van der Waals surface area contributed by atoms with E-state index < -0.39 is 0 Å². The highest BCUT2D eigenvalue weighted by Gasteiger charge is 2.17. The van der Waals surface area contributed by atoms with E-state index in [1.54, 1.807) is 18.0 Å². The molecule has 1 aromatic heterocycles. The molecule has 0 aliphatic carbocycles. The maximum absolute atomic E-state index is 5.58. The summed E-state index contributed by atoms with van der Waals surface area (Å²) in [6, 6.07) is 0. The van der Waals surface area contributed by atoms with Gasteiger partial charge in [0.25, 0.3) is 0 Å². The molecule has 1 saturated heterocycles. The van der Waals surface area contributed by atoms with Crippen LogP contribution in [-0.4, -0.2) is 46.6 Å². The first-order valence-corrected chi connectivity index (χ1v) is 7.83. The van der Waals surface area contributed by atoms with Gasteiger partial charge in [-0.05, 0) is 12.3 Å². The van der Waals surface area contributed by atoms with Crippen molar-refractivity contribution < 1.29 is 4.42 Å². The summed E-state index contributed by atoms with van der Waals surface area (Å²) in [7, 11) is 0. The number of nitrogens with zero attached hydrogens (tertiary/aromatic N) is 3. The lowest BCUT2D eigenvalue weighted by atomic mass is 10.2. The summed E-state index contributed by atoms with van der Waals surface area (Å²) in [4.78, 5) is 6.54. The van der Waals surface area contributed by atoms with Gasteiger partial charge in [-0.15, -0.1) is 0 Å². The molecule has 1 fully saturated rings. The summed E-state index contributed by atoms with van der Waals surface area (Å²) < 4.78 is 7.95. The van der Waals surface area contributed by atoms with Gasteiger partial charge in [-0.1, -0.05) is 31.2 Å². The van der Waals surface area contributed by atoms with Crippen LogP contribution in [0.3, 0.4) is 0 Å².